The molecule has 6 heteroatoms. The predicted octanol–water partition coefficient (Wildman–Crippen LogP) is 2.69. The number of rotatable bonds is 3. The van der Waals surface area contributed by atoms with Crippen LogP contribution in [0.1, 0.15) is 40.5 Å². The van der Waals surface area contributed by atoms with Crippen molar-refractivity contribution in [2.45, 2.75) is 52.2 Å². The van der Waals surface area contributed by atoms with Gasteiger partial charge in [-0.15, -0.1) is 0 Å². The lowest BCUT2D eigenvalue weighted by Crippen LogP contribution is -2.39. The molecule has 0 atom stereocenters. The summed E-state index contributed by atoms with van der Waals surface area (Å²) in [5.74, 6) is 0.605. The van der Waals surface area contributed by atoms with E-state index in [2.05, 4.69) is 33.7 Å². The molecule has 0 saturated carbocycles. The van der Waals surface area contributed by atoms with Crippen LogP contribution in [-0.4, -0.2) is 33.1 Å². The van der Waals surface area contributed by atoms with Crippen molar-refractivity contribution >= 4 is 17.5 Å². The molecule has 0 spiro atoms. The molecule has 0 bridgehead atoms. The molecule has 1 saturated heterocycles. The van der Waals surface area contributed by atoms with E-state index in [0.717, 1.165) is 19.4 Å². The van der Waals surface area contributed by atoms with Crippen molar-refractivity contribution < 1.29 is 4.74 Å². The zero-order valence-corrected chi connectivity index (χ0v) is 12.0. The second-order valence-corrected chi connectivity index (χ2v) is 5.76. The fraction of sp³-hybridized carbons (Fsp3) is 0.750. The van der Waals surface area contributed by atoms with E-state index in [1.165, 1.54) is 0 Å². The SMILES string of the molecule is CC(C)Oc1nc(Cl)nc(N2CCCC2(C)C)n1. The Morgan fingerprint density at radius 1 is 1.28 bits per heavy atom. The predicted molar refractivity (Wildman–Crippen MR) is 71.3 cm³/mol. The summed E-state index contributed by atoms with van der Waals surface area (Å²) in [6.45, 7) is 9.16. The molecule has 0 aliphatic carbocycles. The van der Waals surface area contributed by atoms with Gasteiger partial charge in [-0.3, -0.25) is 0 Å². The fourth-order valence-electron chi connectivity index (χ4n) is 2.18. The van der Waals surface area contributed by atoms with Crippen LogP contribution in [0.15, 0.2) is 0 Å². The highest BCUT2D eigenvalue weighted by atomic mass is 35.5. The lowest BCUT2D eigenvalue weighted by molar-refractivity contribution is 0.221. The van der Waals surface area contributed by atoms with Crippen LogP contribution >= 0.6 is 11.6 Å². The number of ether oxygens (including phenoxy) is 1. The van der Waals surface area contributed by atoms with Crippen LogP contribution in [0, 0.1) is 0 Å². The van der Waals surface area contributed by atoms with Crippen LogP contribution in [0.2, 0.25) is 5.28 Å². The summed E-state index contributed by atoms with van der Waals surface area (Å²) >= 11 is 5.94. The Balaban J connectivity index is 2.30. The number of anilines is 1. The number of hydrogen-bond donors (Lipinski definition) is 0. The van der Waals surface area contributed by atoms with E-state index in [4.69, 9.17) is 16.3 Å². The Morgan fingerprint density at radius 3 is 2.56 bits per heavy atom. The number of aromatic nitrogens is 3. The topological polar surface area (TPSA) is 51.1 Å². The van der Waals surface area contributed by atoms with E-state index >= 15 is 0 Å². The third kappa shape index (κ3) is 2.83. The molecule has 2 rings (SSSR count). The normalized spacial score (nSPS) is 18.4. The van der Waals surface area contributed by atoms with Crippen molar-refractivity contribution in [3.05, 3.63) is 5.28 Å². The van der Waals surface area contributed by atoms with Crippen LogP contribution in [0.5, 0.6) is 6.01 Å². The zero-order valence-electron chi connectivity index (χ0n) is 11.3. The van der Waals surface area contributed by atoms with E-state index in [-0.39, 0.29) is 16.9 Å². The molecule has 0 aromatic carbocycles. The van der Waals surface area contributed by atoms with E-state index in [1.807, 2.05) is 13.8 Å². The van der Waals surface area contributed by atoms with Crippen molar-refractivity contribution in [1.82, 2.24) is 15.0 Å². The maximum Gasteiger partial charge on any atom is 0.322 e. The first kappa shape index (κ1) is 13.3. The highest BCUT2D eigenvalue weighted by Crippen LogP contribution is 2.32. The van der Waals surface area contributed by atoms with E-state index in [0.29, 0.717) is 12.0 Å². The van der Waals surface area contributed by atoms with Crippen molar-refractivity contribution in [3.63, 3.8) is 0 Å². The number of hydrogen-bond acceptors (Lipinski definition) is 5. The minimum atomic E-state index is 0.0166. The molecule has 100 valence electrons. The minimum absolute atomic E-state index is 0.0166. The quantitative estimate of drug-likeness (QED) is 0.845. The molecule has 18 heavy (non-hydrogen) atoms. The Morgan fingerprint density at radius 2 is 2.00 bits per heavy atom. The average Bonchev–Trinajstić information content (AvgIpc) is 2.55. The molecule has 0 radical (unpaired) electrons. The van der Waals surface area contributed by atoms with E-state index < -0.39 is 0 Å². The highest BCUT2D eigenvalue weighted by molar-refractivity contribution is 6.28. The monoisotopic (exact) mass is 270 g/mol. The molecule has 1 aliphatic rings. The number of nitrogens with zero attached hydrogens (tertiary/aromatic N) is 4. The molecular formula is C12H19ClN4O. The van der Waals surface area contributed by atoms with Gasteiger partial charge in [-0.05, 0) is 52.1 Å². The van der Waals surface area contributed by atoms with Gasteiger partial charge in [0.1, 0.15) is 0 Å². The summed E-state index contributed by atoms with van der Waals surface area (Å²) in [6.07, 6.45) is 2.27. The van der Waals surface area contributed by atoms with Crippen molar-refractivity contribution in [2.24, 2.45) is 0 Å². The van der Waals surface area contributed by atoms with Gasteiger partial charge in [0.25, 0.3) is 0 Å². The van der Waals surface area contributed by atoms with Crippen LogP contribution in [-0.2, 0) is 0 Å². The van der Waals surface area contributed by atoms with Gasteiger partial charge in [-0.2, -0.15) is 15.0 Å². The van der Waals surface area contributed by atoms with Gasteiger partial charge in [-0.1, -0.05) is 0 Å². The smallest absolute Gasteiger partial charge is 0.322 e. The Kier molecular flexibility index (Phi) is 3.61. The molecule has 2 heterocycles. The summed E-state index contributed by atoms with van der Waals surface area (Å²) in [6, 6.07) is 0.294. The van der Waals surface area contributed by atoms with Crippen molar-refractivity contribution in [3.8, 4) is 6.01 Å². The maximum atomic E-state index is 5.94. The van der Waals surface area contributed by atoms with Gasteiger partial charge >= 0.3 is 6.01 Å². The molecule has 0 amide bonds. The third-order valence-electron chi connectivity index (χ3n) is 3.06. The van der Waals surface area contributed by atoms with Crippen molar-refractivity contribution in [2.75, 3.05) is 11.4 Å². The summed E-state index contributed by atoms with van der Waals surface area (Å²) in [5.41, 5.74) is 0.0553. The highest BCUT2D eigenvalue weighted by Gasteiger charge is 2.34. The third-order valence-corrected chi connectivity index (χ3v) is 3.23. The van der Waals surface area contributed by atoms with Crippen LogP contribution in [0.25, 0.3) is 0 Å². The molecule has 1 aromatic heterocycles. The second kappa shape index (κ2) is 4.88. The van der Waals surface area contributed by atoms with Gasteiger partial charge in [0.2, 0.25) is 11.2 Å². The molecule has 0 N–H and O–H groups in total. The fourth-order valence-corrected chi connectivity index (χ4v) is 2.33. The Labute approximate surface area is 113 Å². The van der Waals surface area contributed by atoms with Gasteiger partial charge in [-0.25, -0.2) is 0 Å². The zero-order chi connectivity index (χ0) is 13.3. The summed E-state index contributed by atoms with van der Waals surface area (Å²) in [7, 11) is 0. The van der Waals surface area contributed by atoms with Gasteiger partial charge in [0, 0.05) is 12.1 Å². The van der Waals surface area contributed by atoms with E-state index in [1.54, 1.807) is 0 Å². The molecule has 1 fully saturated rings. The molecule has 1 aromatic rings. The molecular weight excluding hydrogens is 252 g/mol. The van der Waals surface area contributed by atoms with Crippen LogP contribution < -0.4 is 9.64 Å². The lowest BCUT2D eigenvalue weighted by atomic mass is 10.0. The van der Waals surface area contributed by atoms with E-state index in [9.17, 15) is 0 Å². The van der Waals surface area contributed by atoms with Crippen LogP contribution in [0.4, 0.5) is 5.95 Å². The Hall–Kier alpha value is -1.10. The number of halogens is 1. The molecule has 0 unspecified atom stereocenters. The molecule has 1 aliphatic heterocycles. The standard InChI is InChI=1S/C12H19ClN4O/c1-8(2)18-11-15-9(13)14-10(16-11)17-7-5-6-12(17,3)4/h8H,5-7H2,1-4H3. The first-order valence-corrected chi connectivity index (χ1v) is 6.62. The first-order chi connectivity index (χ1) is 8.38. The van der Waals surface area contributed by atoms with Gasteiger partial charge in [0.15, 0.2) is 0 Å². The maximum absolute atomic E-state index is 5.94. The summed E-state index contributed by atoms with van der Waals surface area (Å²) in [5, 5.41) is 0.179. The van der Waals surface area contributed by atoms with Crippen LogP contribution in [0.3, 0.4) is 0 Å². The van der Waals surface area contributed by atoms with Gasteiger partial charge < -0.3 is 9.64 Å². The van der Waals surface area contributed by atoms with Gasteiger partial charge in [0.05, 0.1) is 6.10 Å². The minimum Gasteiger partial charge on any atom is -0.461 e. The van der Waals surface area contributed by atoms with Crippen molar-refractivity contribution in [1.29, 1.82) is 0 Å². The summed E-state index contributed by atoms with van der Waals surface area (Å²) < 4.78 is 5.49. The molecule has 5 nitrogen and oxygen atoms in total. The lowest BCUT2D eigenvalue weighted by Gasteiger charge is -2.31. The first-order valence-electron chi connectivity index (χ1n) is 6.24. The average molecular weight is 271 g/mol. The largest absolute Gasteiger partial charge is 0.461 e. The Bertz CT molecular complexity index is 436. The second-order valence-electron chi connectivity index (χ2n) is 5.42. The summed E-state index contributed by atoms with van der Waals surface area (Å²) in [4.78, 5) is 14.7.